The highest BCUT2D eigenvalue weighted by molar-refractivity contribution is 7.58. The van der Waals surface area contributed by atoms with Crippen LogP contribution in [0.4, 0.5) is 0 Å². The maximum absolute atomic E-state index is 2.36. The molecule has 0 radical (unpaired) electrons. The van der Waals surface area contributed by atoms with E-state index in [0.717, 1.165) is 26.2 Å². The van der Waals surface area contributed by atoms with E-state index in [1.165, 1.54) is 19.3 Å². The lowest BCUT2D eigenvalue weighted by molar-refractivity contribution is -0.484. The molecule has 2 aliphatic rings. The van der Waals surface area contributed by atoms with Crippen LogP contribution in [0.3, 0.4) is 0 Å². The van der Waals surface area contributed by atoms with Crippen LogP contribution >= 0.6 is 8.20 Å². The molecular formula is C10H20N4P+. The summed E-state index contributed by atoms with van der Waals surface area (Å²) in [4.78, 5) is 7.07. The molecule has 0 bridgehead atoms. The standard InChI is InChI=1S/C10H20N4P/c1-11-5-6-12(2)9(11)15-10-13(3)7-8-14(10)4/h5-8H2,1-4H3/q+1. The predicted molar refractivity (Wildman–Crippen MR) is 65.9 cm³/mol. The zero-order chi connectivity index (χ0) is 11.0. The molecule has 2 heterocycles. The molecule has 0 aromatic rings. The molecule has 5 heteroatoms. The summed E-state index contributed by atoms with van der Waals surface area (Å²) in [5, 5.41) is 0. The second-order valence-corrected chi connectivity index (χ2v) is 5.42. The Bertz CT molecular complexity index is 311. The molecule has 0 aromatic carbocycles. The summed E-state index contributed by atoms with van der Waals surface area (Å²) in [5.74, 6) is 0. The Morgan fingerprint density at radius 2 is 1.60 bits per heavy atom. The zero-order valence-electron chi connectivity index (χ0n) is 10.1. The number of amidine groups is 1. The van der Waals surface area contributed by atoms with Gasteiger partial charge in [-0.1, -0.05) is 0 Å². The normalized spacial score (nSPS) is 25.1. The fourth-order valence-corrected chi connectivity index (χ4v) is 3.28. The van der Waals surface area contributed by atoms with Gasteiger partial charge in [0.1, 0.15) is 13.1 Å². The van der Waals surface area contributed by atoms with Crippen molar-refractivity contribution in [3.63, 3.8) is 0 Å². The van der Waals surface area contributed by atoms with Crippen LogP contribution in [0.2, 0.25) is 0 Å². The van der Waals surface area contributed by atoms with Crippen molar-refractivity contribution in [1.82, 2.24) is 14.7 Å². The van der Waals surface area contributed by atoms with E-state index in [1.807, 2.05) is 0 Å². The Morgan fingerprint density at radius 1 is 1.00 bits per heavy atom. The van der Waals surface area contributed by atoms with E-state index < -0.39 is 0 Å². The molecule has 0 aromatic heterocycles. The minimum atomic E-state index is 1.15. The SMILES string of the molecule is CN1CCN(C)C1=PC1=[N+](C)CCN1C. The Hall–Kier alpha value is -0.440. The molecule has 0 saturated carbocycles. The Balaban J connectivity index is 2.25. The van der Waals surface area contributed by atoms with Gasteiger partial charge in [0, 0.05) is 13.1 Å². The van der Waals surface area contributed by atoms with Crippen LogP contribution in [-0.4, -0.2) is 84.8 Å². The molecule has 0 N–H and O–H groups in total. The zero-order valence-corrected chi connectivity index (χ0v) is 11.0. The van der Waals surface area contributed by atoms with Crippen molar-refractivity contribution in [2.45, 2.75) is 0 Å². The number of hydrogen-bond donors (Lipinski definition) is 0. The number of nitrogens with zero attached hydrogens (tertiary/aromatic N) is 4. The molecule has 84 valence electrons. The highest BCUT2D eigenvalue weighted by atomic mass is 31.1. The molecule has 0 atom stereocenters. The van der Waals surface area contributed by atoms with Crippen LogP contribution in [0.1, 0.15) is 0 Å². The van der Waals surface area contributed by atoms with Crippen LogP contribution in [-0.2, 0) is 0 Å². The summed E-state index contributed by atoms with van der Waals surface area (Å²) < 4.78 is 2.36. The third-order valence-corrected chi connectivity index (χ3v) is 4.87. The van der Waals surface area contributed by atoms with Gasteiger partial charge in [-0.05, 0) is 14.1 Å². The minimum absolute atomic E-state index is 1.15. The van der Waals surface area contributed by atoms with Gasteiger partial charge in [0.15, 0.2) is 0 Å². The lowest BCUT2D eigenvalue weighted by Gasteiger charge is -2.14. The van der Waals surface area contributed by atoms with Gasteiger partial charge in [0.2, 0.25) is 0 Å². The molecule has 15 heavy (non-hydrogen) atoms. The van der Waals surface area contributed by atoms with Crippen LogP contribution in [0.15, 0.2) is 0 Å². The van der Waals surface area contributed by atoms with Crippen molar-refractivity contribution in [3.05, 3.63) is 0 Å². The van der Waals surface area contributed by atoms with E-state index in [9.17, 15) is 0 Å². The first kappa shape index (κ1) is 11.1. The monoisotopic (exact) mass is 227 g/mol. The predicted octanol–water partition coefficient (Wildman–Crippen LogP) is -0.159. The van der Waals surface area contributed by atoms with Crippen molar-refractivity contribution in [2.75, 3.05) is 54.4 Å². The summed E-state index contributed by atoms with van der Waals surface area (Å²) in [6.07, 6.45) is 0. The van der Waals surface area contributed by atoms with E-state index in [0.29, 0.717) is 0 Å². The first-order valence-electron chi connectivity index (χ1n) is 5.40. The summed E-state index contributed by atoms with van der Waals surface area (Å²) in [6.45, 7) is 4.61. The highest BCUT2D eigenvalue weighted by Gasteiger charge is 2.28. The summed E-state index contributed by atoms with van der Waals surface area (Å²) in [7, 11) is 10.1. The lowest BCUT2D eigenvalue weighted by Crippen LogP contribution is -2.29. The van der Waals surface area contributed by atoms with Gasteiger partial charge < -0.3 is 0 Å². The molecular weight excluding hydrogens is 207 g/mol. The fraction of sp³-hybridized carbons (Fsp3) is 0.800. The quantitative estimate of drug-likeness (QED) is 0.456. The van der Waals surface area contributed by atoms with Crippen LogP contribution in [0.25, 0.3) is 0 Å². The molecule has 4 nitrogen and oxygen atoms in total. The molecule has 1 saturated heterocycles. The third kappa shape index (κ3) is 2.07. The Morgan fingerprint density at radius 3 is 2.07 bits per heavy atom. The van der Waals surface area contributed by atoms with E-state index in [-0.39, 0.29) is 0 Å². The van der Waals surface area contributed by atoms with Crippen LogP contribution < -0.4 is 0 Å². The Kier molecular flexibility index (Phi) is 3.10. The molecule has 2 aliphatic heterocycles. The second-order valence-electron chi connectivity index (χ2n) is 4.40. The fourth-order valence-electron chi connectivity index (χ4n) is 2.01. The summed E-state index contributed by atoms with van der Waals surface area (Å²) in [6, 6.07) is 0. The van der Waals surface area contributed by atoms with Crippen molar-refractivity contribution < 1.29 is 4.58 Å². The molecule has 0 aliphatic carbocycles. The van der Waals surface area contributed by atoms with Gasteiger partial charge in [-0.3, -0.25) is 19.3 Å². The van der Waals surface area contributed by atoms with Gasteiger partial charge in [0.25, 0.3) is 5.58 Å². The smallest absolute Gasteiger partial charge is 0.263 e. The largest absolute Gasteiger partial charge is 0.299 e. The highest BCUT2D eigenvalue weighted by Crippen LogP contribution is 2.17. The van der Waals surface area contributed by atoms with Crippen molar-refractivity contribution in [3.8, 4) is 0 Å². The van der Waals surface area contributed by atoms with Crippen molar-refractivity contribution in [2.24, 2.45) is 0 Å². The number of hydrogen-bond acceptors (Lipinski definition) is 1. The van der Waals surface area contributed by atoms with E-state index >= 15 is 0 Å². The van der Waals surface area contributed by atoms with E-state index in [4.69, 9.17) is 0 Å². The van der Waals surface area contributed by atoms with Crippen LogP contribution in [0.5, 0.6) is 0 Å². The average Bonchev–Trinajstić information content (AvgIpc) is 2.67. The minimum Gasteiger partial charge on any atom is -0.263 e. The van der Waals surface area contributed by atoms with Crippen molar-refractivity contribution in [1.29, 1.82) is 0 Å². The summed E-state index contributed by atoms with van der Waals surface area (Å²) in [5.41, 5.74) is 2.84. The van der Waals surface area contributed by atoms with Gasteiger partial charge >= 0.3 is 0 Å². The topological polar surface area (TPSA) is 12.7 Å². The van der Waals surface area contributed by atoms with Gasteiger partial charge in [-0.2, -0.15) is 0 Å². The molecule has 0 amide bonds. The average molecular weight is 227 g/mol. The van der Waals surface area contributed by atoms with Gasteiger partial charge in [-0.15, -0.1) is 0 Å². The molecule has 2 rings (SSSR count). The second kappa shape index (κ2) is 4.20. The number of rotatable bonds is 1. The maximum atomic E-state index is 2.36. The molecule has 1 fully saturated rings. The first-order valence-corrected chi connectivity index (χ1v) is 6.29. The van der Waals surface area contributed by atoms with Gasteiger partial charge in [-0.25, -0.2) is 0 Å². The third-order valence-electron chi connectivity index (χ3n) is 3.11. The van der Waals surface area contributed by atoms with E-state index in [2.05, 4.69) is 47.5 Å². The lowest BCUT2D eigenvalue weighted by atomic mass is 10.6. The summed E-state index contributed by atoms with van der Waals surface area (Å²) >= 11 is 0. The maximum Gasteiger partial charge on any atom is 0.299 e. The van der Waals surface area contributed by atoms with Gasteiger partial charge in [0.05, 0.1) is 27.8 Å². The van der Waals surface area contributed by atoms with Crippen LogP contribution in [0, 0.1) is 0 Å². The molecule has 0 unspecified atom stereocenters. The molecule has 0 spiro atoms. The number of likely N-dealkylation sites (N-methyl/N-ethyl adjacent to an activating group) is 4. The first-order chi connectivity index (χ1) is 7.09. The Labute approximate surface area is 93.6 Å². The van der Waals surface area contributed by atoms with Crippen molar-refractivity contribution >= 4 is 19.3 Å². The van der Waals surface area contributed by atoms with E-state index in [1.54, 1.807) is 0 Å².